The van der Waals surface area contributed by atoms with Crippen LogP contribution < -0.4 is 16.0 Å². The van der Waals surface area contributed by atoms with Gasteiger partial charge in [-0.3, -0.25) is 5.32 Å². The third-order valence-electron chi connectivity index (χ3n) is 2.73. The number of benzene rings is 1. The number of thiophene rings is 1. The Labute approximate surface area is 132 Å². The van der Waals surface area contributed by atoms with E-state index in [1.54, 1.807) is 23.5 Å². The van der Waals surface area contributed by atoms with Crippen molar-refractivity contribution in [2.75, 3.05) is 10.6 Å². The van der Waals surface area contributed by atoms with E-state index in [9.17, 15) is 9.59 Å². The number of nitrogens with one attached hydrogen (secondary N) is 3. The lowest BCUT2D eigenvalue weighted by molar-refractivity contribution is 0.209. The lowest BCUT2D eigenvalue weighted by atomic mass is 10.1. The zero-order valence-electron chi connectivity index (χ0n) is 12.2. The van der Waals surface area contributed by atoms with Crippen LogP contribution in [0.25, 0.3) is 10.4 Å². The van der Waals surface area contributed by atoms with Crippen molar-refractivity contribution in [2.24, 2.45) is 0 Å². The average molecular weight is 319 g/mol. The van der Waals surface area contributed by atoms with Crippen LogP contribution in [0.1, 0.15) is 13.8 Å². The minimum atomic E-state index is -1.18. The second kappa shape index (κ2) is 6.95. The molecule has 0 spiro atoms. The zero-order chi connectivity index (χ0) is 16.1. The first-order chi connectivity index (χ1) is 10.5. The summed E-state index contributed by atoms with van der Waals surface area (Å²) >= 11 is 1.57. The van der Waals surface area contributed by atoms with Crippen LogP contribution in [-0.4, -0.2) is 23.3 Å². The minimum Gasteiger partial charge on any atom is -0.465 e. The molecule has 22 heavy (non-hydrogen) atoms. The highest BCUT2D eigenvalue weighted by Gasteiger charge is 2.11. The van der Waals surface area contributed by atoms with Gasteiger partial charge in [0.15, 0.2) is 0 Å². The highest BCUT2D eigenvalue weighted by molar-refractivity contribution is 7.13. The SMILES string of the molecule is CC(C)NC(=O)Nc1cc(-c2cccs2)ccc1NC(=O)O. The van der Waals surface area contributed by atoms with Crippen molar-refractivity contribution in [1.29, 1.82) is 0 Å². The number of rotatable bonds is 4. The summed E-state index contributed by atoms with van der Waals surface area (Å²) in [6.45, 7) is 3.69. The molecule has 2 aromatic rings. The molecule has 3 amide bonds. The first-order valence-electron chi connectivity index (χ1n) is 6.71. The molecule has 2 rings (SSSR count). The summed E-state index contributed by atoms with van der Waals surface area (Å²) in [4.78, 5) is 23.8. The summed E-state index contributed by atoms with van der Waals surface area (Å²) < 4.78 is 0. The van der Waals surface area contributed by atoms with E-state index < -0.39 is 6.09 Å². The molecule has 0 aliphatic heterocycles. The fourth-order valence-electron chi connectivity index (χ4n) is 1.89. The second-order valence-corrected chi connectivity index (χ2v) is 5.87. The quantitative estimate of drug-likeness (QED) is 0.685. The van der Waals surface area contributed by atoms with Gasteiger partial charge in [-0.1, -0.05) is 12.1 Å². The van der Waals surface area contributed by atoms with Gasteiger partial charge >= 0.3 is 12.1 Å². The Kier molecular flexibility index (Phi) is 5.00. The topological polar surface area (TPSA) is 90.5 Å². The highest BCUT2D eigenvalue weighted by Crippen LogP contribution is 2.31. The lowest BCUT2D eigenvalue weighted by Crippen LogP contribution is -2.34. The molecular formula is C15H17N3O3S. The number of urea groups is 1. The van der Waals surface area contributed by atoms with E-state index >= 15 is 0 Å². The Morgan fingerprint density at radius 2 is 1.91 bits per heavy atom. The number of hydrogen-bond donors (Lipinski definition) is 4. The van der Waals surface area contributed by atoms with Crippen molar-refractivity contribution < 1.29 is 14.7 Å². The number of carbonyl (C=O) groups is 2. The Bertz CT molecular complexity index is 669. The standard InChI is InChI=1S/C15H17N3O3S/c1-9(2)16-14(19)17-12-8-10(13-4-3-7-22-13)5-6-11(12)18-15(20)21/h3-9,18H,1-2H3,(H,20,21)(H2,16,17,19). The van der Waals surface area contributed by atoms with Gasteiger partial charge in [-0.25, -0.2) is 9.59 Å². The fraction of sp³-hybridized carbons (Fsp3) is 0.200. The molecule has 0 saturated carbocycles. The first-order valence-corrected chi connectivity index (χ1v) is 7.59. The highest BCUT2D eigenvalue weighted by atomic mass is 32.1. The van der Waals surface area contributed by atoms with Gasteiger partial charge in [0.1, 0.15) is 0 Å². The van der Waals surface area contributed by atoms with E-state index in [0.717, 1.165) is 10.4 Å². The van der Waals surface area contributed by atoms with E-state index in [4.69, 9.17) is 5.11 Å². The van der Waals surface area contributed by atoms with Crippen molar-refractivity contribution >= 4 is 34.8 Å². The number of amides is 3. The molecule has 1 aromatic heterocycles. The van der Waals surface area contributed by atoms with E-state index in [1.807, 2.05) is 37.4 Å². The molecule has 6 nitrogen and oxygen atoms in total. The fourth-order valence-corrected chi connectivity index (χ4v) is 2.61. The minimum absolute atomic E-state index is 0.0173. The van der Waals surface area contributed by atoms with Crippen molar-refractivity contribution in [1.82, 2.24) is 5.32 Å². The van der Waals surface area contributed by atoms with Crippen LogP contribution in [-0.2, 0) is 0 Å². The number of hydrogen-bond acceptors (Lipinski definition) is 3. The maximum atomic E-state index is 11.9. The number of carbonyl (C=O) groups excluding carboxylic acids is 1. The van der Waals surface area contributed by atoms with Crippen LogP contribution in [0.5, 0.6) is 0 Å². The van der Waals surface area contributed by atoms with Gasteiger partial charge in [0.05, 0.1) is 11.4 Å². The van der Waals surface area contributed by atoms with Crippen molar-refractivity contribution in [3.05, 3.63) is 35.7 Å². The van der Waals surface area contributed by atoms with Crippen LogP contribution in [0, 0.1) is 0 Å². The summed E-state index contributed by atoms with van der Waals surface area (Å²) in [7, 11) is 0. The summed E-state index contributed by atoms with van der Waals surface area (Å²) in [6, 6.07) is 8.68. The predicted octanol–water partition coefficient (Wildman–Crippen LogP) is 4.03. The second-order valence-electron chi connectivity index (χ2n) is 4.92. The third-order valence-corrected chi connectivity index (χ3v) is 3.65. The summed E-state index contributed by atoms with van der Waals surface area (Å²) in [5.41, 5.74) is 1.64. The molecule has 1 heterocycles. The zero-order valence-corrected chi connectivity index (χ0v) is 13.0. The van der Waals surface area contributed by atoms with E-state index in [0.29, 0.717) is 11.4 Å². The summed E-state index contributed by atoms with van der Waals surface area (Å²) in [6.07, 6.45) is -1.18. The van der Waals surface area contributed by atoms with Gasteiger partial charge < -0.3 is 15.7 Å². The van der Waals surface area contributed by atoms with Crippen molar-refractivity contribution in [3.8, 4) is 10.4 Å². The Morgan fingerprint density at radius 1 is 1.14 bits per heavy atom. The molecule has 116 valence electrons. The van der Waals surface area contributed by atoms with Crippen LogP contribution in [0.15, 0.2) is 35.7 Å². The van der Waals surface area contributed by atoms with Crippen molar-refractivity contribution in [3.63, 3.8) is 0 Å². The molecule has 0 saturated heterocycles. The maximum Gasteiger partial charge on any atom is 0.409 e. The van der Waals surface area contributed by atoms with Crippen LogP contribution >= 0.6 is 11.3 Å². The molecule has 4 N–H and O–H groups in total. The predicted molar refractivity (Wildman–Crippen MR) is 88.7 cm³/mol. The van der Waals surface area contributed by atoms with E-state index in [2.05, 4.69) is 16.0 Å². The van der Waals surface area contributed by atoms with E-state index in [-0.39, 0.29) is 12.1 Å². The largest absolute Gasteiger partial charge is 0.465 e. The molecule has 0 fully saturated rings. The Morgan fingerprint density at radius 3 is 2.50 bits per heavy atom. The normalized spacial score (nSPS) is 10.3. The molecule has 0 unspecified atom stereocenters. The lowest BCUT2D eigenvalue weighted by Gasteiger charge is -2.14. The molecule has 0 atom stereocenters. The van der Waals surface area contributed by atoms with Gasteiger partial charge in [-0.2, -0.15) is 0 Å². The van der Waals surface area contributed by atoms with Crippen LogP contribution in [0.3, 0.4) is 0 Å². The Hall–Kier alpha value is -2.54. The van der Waals surface area contributed by atoms with Gasteiger partial charge in [-0.15, -0.1) is 11.3 Å². The third kappa shape index (κ3) is 4.23. The molecule has 0 aliphatic carbocycles. The van der Waals surface area contributed by atoms with Crippen LogP contribution in [0.2, 0.25) is 0 Å². The molecule has 0 radical (unpaired) electrons. The van der Waals surface area contributed by atoms with Gasteiger partial charge in [0, 0.05) is 10.9 Å². The molecular weight excluding hydrogens is 302 g/mol. The van der Waals surface area contributed by atoms with Gasteiger partial charge in [-0.05, 0) is 43.0 Å². The molecule has 0 aliphatic rings. The van der Waals surface area contributed by atoms with Gasteiger partial charge in [0.2, 0.25) is 0 Å². The van der Waals surface area contributed by atoms with E-state index in [1.165, 1.54) is 0 Å². The Balaban J connectivity index is 2.31. The summed E-state index contributed by atoms with van der Waals surface area (Å²) in [5.74, 6) is 0. The molecule has 1 aromatic carbocycles. The van der Waals surface area contributed by atoms with Crippen molar-refractivity contribution in [2.45, 2.75) is 19.9 Å². The van der Waals surface area contributed by atoms with Crippen LogP contribution in [0.4, 0.5) is 21.0 Å². The average Bonchev–Trinajstić information content (AvgIpc) is 2.93. The summed E-state index contributed by atoms with van der Waals surface area (Å²) in [5, 5.41) is 18.5. The number of carboxylic acid groups (broad SMARTS) is 1. The van der Waals surface area contributed by atoms with Gasteiger partial charge in [0.25, 0.3) is 0 Å². The molecule has 7 heteroatoms. The first kappa shape index (κ1) is 15.8. The maximum absolute atomic E-state index is 11.9. The number of anilines is 2. The monoisotopic (exact) mass is 319 g/mol. The smallest absolute Gasteiger partial charge is 0.409 e. The molecule has 0 bridgehead atoms.